The lowest BCUT2D eigenvalue weighted by Gasteiger charge is -2.38. The van der Waals surface area contributed by atoms with Gasteiger partial charge in [-0.05, 0) is 44.3 Å². The van der Waals surface area contributed by atoms with Crippen molar-refractivity contribution in [2.24, 2.45) is 0 Å². The standard InChI is InChI=1S/C24H28F3N9O2/c1-33(2)13-20(37)34-9-7-19(24(26,27)14-34)28-23-29-22(38-3)21-16(6-10-36(21)31-23)15-4-5-17-18(12-15)35(11-8-25)32-30-17/h4-6,10,12,19H,7-9,11,13-14H2,1-3H3,(H,28,31)/t19-/m1/s1. The Labute approximate surface area is 216 Å². The molecule has 0 spiro atoms. The van der Waals surface area contributed by atoms with Crippen LogP contribution in [0.1, 0.15) is 6.42 Å². The molecule has 38 heavy (non-hydrogen) atoms. The van der Waals surface area contributed by atoms with Crippen molar-refractivity contribution in [3.63, 3.8) is 0 Å². The topological polar surface area (TPSA) is 106 Å². The van der Waals surface area contributed by atoms with Crippen molar-refractivity contribution in [2.45, 2.75) is 24.9 Å². The van der Waals surface area contributed by atoms with Crippen LogP contribution in [0.15, 0.2) is 30.5 Å². The lowest BCUT2D eigenvalue weighted by Crippen LogP contribution is -2.57. The number of hydrogen-bond donors (Lipinski definition) is 1. The molecule has 1 saturated heterocycles. The van der Waals surface area contributed by atoms with Crippen LogP contribution in [0.2, 0.25) is 0 Å². The number of likely N-dealkylation sites (tertiary alicyclic amines) is 1. The van der Waals surface area contributed by atoms with Gasteiger partial charge >= 0.3 is 0 Å². The van der Waals surface area contributed by atoms with Gasteiger partial charge in [0.05, 0.1) is 38.3 Å². The monoisotopic (exact) mass is 531 g/mol. The fourth-order valence-electron chi connectivity index (χ4n) is 4.66. The quantitative estimate of drug-likeness (QED) is 0.370. The van der Waals surface area contributed by atoms with E-state index in [1.54, 1.807) is 31.3 Å². The molecule has 14 heteroatoms. The Kier molecular flexibility index (Phi) is 6.82. The molecule has 11 nitrogen and oxygen atoms in total. The lowest BCUT2D eigenvalue weighted by molar-refractivity contribution is -0.143. The first-order valence-electron chi connectivity index (χ1n) is 12.1. The Morgan fingerprint density at radius 1 is 1.29 bits per heavy atom. The summed E-state index contributed by atoms with van der Waals surface area (Å²) in [5, 5.41) is 15.2. The average Bonchev–Trinajstić information content (AvgIpc) is 3.48. The van der Waals surface area contributed by atoms with E-state index in [1.165, 1.54) is 21.2 Å². The van der Waals surface area contributed by atoms with E-state index in [0.29, 0.717) is 16.6 Å². The first-order valence-corrected chi connectivity index (χ1v) is 12.1. The summed E-state index contributed by atoms with van der Waals surface area (Å²) in [6.07, 6.45) is 1.72. The molecule has 202 valence electrons. The van der Waals surface area contributed by atoms with Crippen molar-refractivity contribution in [2.75, 3.05) is 52.8 Å². The Balaban J connectivity index is 1.42. The van der Waals surface area contributed by atoms with Gasteiger partial charge < -0.3 is 19.9 Å². The number of methoxy groups -OCH3 is 1. The van der Waals surface area contributed by atoms with Crippen LogP contribution < -0.4 is 10.1 Å². The van der Waals surface area contributed by atoms with Gasteiger partial charge in [0.1, 0.15) is 17.7 Å². The van der Waals surface area contributed by atoms with Crippen molar-refractivity contribution in [3.05, 3.63) is 30.5 Å². The van der Waals surface area contributed by atoms with Gasteiger partial charge in [-0.1, -0.05) is 11.3 Å². The second-order valence-corrected chi connectivity index (χ2v) is 9.47. The minimum absolute atomic E-state index is 0.0186. The molecule has 1 aromatic carbocycles. The van der Waals surface area contributed by atoms with Gasteiger partial charge in [0.15, 0.2) is 0 Å². The van der Waals surface area contributed by atoms with E-state index in [1.807, 2.05) is 18.2 Å². The third-order valence-corrected chi connectivity index (χ3v) is 6.50. The molecule has 1 amide bonds. The van der Waals surface area contributed by atoms with Crippen LogP contribution in [0.4, 0.5) is 19.1 Å². The highest BCUT2D eigenvalue weighted by atomic mass is 19.3. The van der Waals surface area contributed by atoms with Gasteiger partial charge in [-0.3, -0.25) is 4.79 Å². The molecule has 0 saturated carbocycles. The number of alkyl halides is 3. The predicted octanol–water partition coefficient (Wildman–Crippen LogP) is 2.33. The highest BCUT2D eigenvalue weighted by molar-refractivity contribution is 5.89. The van der Waals surface area contributed by atoms with Crippen molar-refractivity contribution in [1.29, 1.82) is 0 Å². The largest absolute Gasteiger partial charge is 0.479 e. The number of benzene rings is 1. The summed E-state index contributed by atoms with van der Waals surface area (Å²) in [7, 11) is 4.88. The molecule has 1 aliphatic rings. The number of amides is 1. The summed E-state index contributed by atoms with van der Waals surface area (Å²) < 4.78 is 51.5. The Hall–Kier alpha value is -3.94. The van der Waals surface area contributed by atoms with Gasteiger partial charge in [0.25, 0.3) is 5.92 Å². The maximum absolute atomic E-state index is 15.0. The summed E-state index contributed by atoms with van der Waals surface area (Å²) in [5.74, 6) is -3.34. The second-order valence-electron chi connectivity index (χ2n) is 9.47. The number of carbonyl (C=O) groups is 1. The fraction of sp³-hybridized carbons (Fsp3) is 0.458. The SMILES string of the molecule is COc1nc(N[C@@H]2CCN(C(=O)CN(C)C)CC2(F)F)nn2ccc(-c3ccc4nnn(CCF)c4c3)c12. The number of ether oxygens (including phenoxy) is 1. The Morgan fingerprint density at radius 3 is 2.82 bits per heavy atom. The molecule has 4 aromatic rings. The molecule has 0 radical (unpaired) electrons. The van der Waals surface area contributed by atoms with E-state index in [0.717, 1.165) is 11.1 Å². The van der Waals surface area contributed by atoms with Gasteiger partial charge in [-0.25, -0.2) is 22.4 Å². The maximum Gasteiger partial charge on any atom is 0.285 e. The molecule has 4 heterocycles. The van der Waals surface area contributed by atoms with Crippen LogP contribution in [-0.2, 0) is 11.3 Å². The number of aromatic nitrogens is 6. The number of nitrogens with one attached hydrogen (secondary N) is 1. The van der Waals surface area contributed by atoms with Gasteiger partial charge in [-0.15, -0.1) is 10.2 Å². The first-order chi connectivity index (χ1) is 18.2. The normalized spacial score (nSPS) is 17.4. The van der Waals surface area contributed by atoms with E-state index in [9.17, 15) is 9.18 Å². The lowest BCUT2D eigenvalue weighted by atomic mass is 10.0. The predicted molar refractivity (Wildman–Crippen MR) is 134 cm³/mol. The maximum atomic E-state index is 15.0. The van der Waals surface area contributed by atoms with Crippen LogP contribution in [0.3, 0.4) is 0 Å². The van der Waals surface area contributed by atoms with Crippen LogP contribution in [0.5, 0.6) is 5.88 Å². The zero-order valence-electron chi connectivity index (χ0n) is 21.2. The zero-order valence-corrected chi connectivity index (χ0v) is 21.2. The van der Waals surface area contributed by atoms with Crippen molar-refractivity contribution in [3.8, 4) is 17.0 Å². The van der Waals surface area contributed by atoms with Gasteiger partial charge in [0, 0.05) is 18.3 Å². The van der Waals surface area contributed by atoms with Crippen molar-refractivity contribution < 1.29 is 22.7 Å². The van der Waals surface area contributed by atoms with Crippen LogP contribution in [-0.4, -0.2) is 105 Å². The molecular formula is C24H28F3N9O2. The fourth-order valence-corrected chi connectivity index (χ4v) is 4.66. The van der Waals surface area contributed by atoms with Crippen LogP contribution in [0, 0.1) is 0 Å². The summed E-state index contributed by atoms with van der Waals surface area (Å²) in [4.78, 5) is 19.5. The molecule has 1 fully saturated rings. The number of rotatable bonds is 8. The Morgan fingerprint density at radius 2 is 2.11 bits per heavy atom. The third kappa shape index (κ3) is 4.83. The number of fused-ring (bicyclic) bond motifs is 2. The van der Waals surface area contributed by atoms with E-state index in [-0.39, 0.29) is 43.8 Å². The van der Waals surface area contributed by atoms with Gasteiger partial charge in [-0.2, -0.15) is 4.98 Å². The smallest absolute Gasteiger partial charge is 0.285 e. The molecule has 3 aromatic heterocycles. The molecule has 1 aliphatic heterocycles. The minimum atomic E-state index is -3.18. The molecule has 1 atom stereocenters. The minimum Gasteiger partial charge on any atom is -0.479 e. The van der Waals surface area contributed by atoms with E-state index in [2.05, 4.69) is 25.7 Å². The highest BCUT2D eigenvalue weighted by Gasteiger charge is 2.46. The zero-order chi connectivity index (χ0) is 27.0. The number of hydrogen-bond acceptors (Lipinski definition) is 8. The van der Waals surface area contributed by atoms with E-state index < -0.39 is 25.2 Å². The summed E-state index contributed by atoms with van der Waals surface area (Å²) in [5.41, 5.74) is 3.37. The third-order valence-electron chi connectivity index (χ3n) is 6.50. The molecule has 0 bridgehead atoms. The van der Waals surface area contributed by atoms with Gasteiger partial charge in [0.2, 0.25) is 17.7 Å². The summed E-state index contributed by atoms with van der Waals surface area (Å²) in [6, 6.07) is 6.04. The van der Waals surface area contributed by atoms with Crippen molar-refractivity contribution in [1.82, 2.24) is 39.4 Å². The molecule has 0 unspecified atom stereocenters. The highest BCUT2D eigenvalue weighted by Crippen LogP contribution is 2.34. The number of nitrogens with zero attached hydrogens (tertiary/aromatic N) is 8. The summed E-state index contributed by atoms with van der Waals surface area (Å²) in [6.45, 7) is -0.891. The average molecular weight is 532 g/mol. The number of piperidine rings is 1. The number of halogens is 3. The number of aryl methyl sites for hydroxylation is 1. The van der Waals surface area contributed by atoms with E-state index >= 15 is 8.78 Å². The molecule has 0 aliphatic carbocycles. The number of anilines is 1. The molecule has 1 N–H and O–H groups in total. The van der Waals surface area contributed by atoms with Crippen molar-refractivity contribution >= 4 is 28.4 Å². The van der Waals surface area contributed by atoms with Crippen LogP contribution >= 0.6 is 0 Å². The molecular weight excluding hydrogens is 503 g/mol. The summed E-state index contributed by atoms with van der Waals surface area (Å²) >= 11 is 0. The van der Waals surface area contributed by atoms with E-state index in [4.69, 9.17) is 4.74 Å². The molecule has 5 rings (SSSR count). The number of likely N-dealkylation sites (N-methyl/N-ethyl adjacent to an activating group) is 1. The first kappa shape index (κ1) is 25.7. The van der Waals surface area contributed by atoms with Crippen LogP contribution in [0.25, 0.3) is 27.7 Å². The second kappa shape index (κ2) is 10.1. The number of carbonyl (C=O) groups excluding carboxylic acids is 1. The Bertz CT molecular complexity index is 1470.